The molecule has 0 saturated heterocycles. The highest BCUT2D eigenvalue weighted by atomic mass is 127. The molecule has 0 unspecified atom stereocenters. The highest BCUT2D eigenvalue weighted by molar-refractivity contribution is 14.0. The average Bonchev–Trinajstić information content (AvgIpc) is 2.42. The smallest absolute Gasteiger partial charge is 0.226 e. The number of carbonyl (C=O) groups excluding carboxylic acids is 1. The van der Waals surface area contributed by atoms with E-state index in [2.05, 4.69) is 41.7 Å². The van der Waals surface area contributed by atoms with Crippen molar-refractivity contribution < 1.29 is 4.79 Å². The molecule has 0 aliphatic heterocycles. The minimum absolute atomic E-state index is 0. The number of amides is 1. The molecule has 0 spiro atoms. The molecule has 0 bridgehead atoms. The molecule has 3 N–H and O–H groups in total. The van der Waals surface area contributed by atoms with Crippen molar-refractivity contribution in [2.24, 2.45) is 4.99 Å². The van der Waals surface area contributed by atoms with Crippen LogP contribution >= 0.6 is 35.6 Å². The predicted octanol–water partition coefficient (Wildman–Crippen LogP) is 3.95. The first-order valence-corrected chi connectivity index (χ1v) is 8.22. The molecule has 1 amide bonds. The second-order valence-electron chi connectivity index (χ2n) is 6.35. The molecule has 1 rings (SSSR count). The Labute approximate surface area is 167 Å². The maximum absolute atomic E-state index is 12.0. The van der Waals surface area contributed by atoms with E-state index in [9.17, 15) is 4.79 Å². The van der Waals surface area contributed by atoms with E-state index in [0.29, 0.717) is 23.9 Å². The third-order valence-electron chi connectivity index (χ3n) is 2.99. The van der Waals surface area contributed by atoms with Crippen LogP contribution in [0.4, 0.5) is 5.69 Å². The molecule has 0 aromatic heterocycles. The number of anilines is 1. The lowest BCUT2D eigenvalue weighted by molar-refractivity contribution is -0.116. The first-order chi connectivity index (χ1) is 10.7. The highest BCUT2D eigenvalue weighted by Gasteiger charge is 2.12. The molecule has 1 aromatic rings. The van der Waals surface area contributed by atoms with Crippen LogP contribution in [-0.4, -0.2) is 30.5 Å². The van der Waals surface area contributed by atoms with E-state index in [-0.39, 0.29) is 35.4 Å². The van der Waals surface area contributed by atoms with Crippen molar-refractivity contribution in [2.75, 3.05) is 18.4 Å². The third-order valence-corrected chi connectivity index (χ3v) is 3.40. The van der Waals surface area contributed by atoms with Gasteiger partial charge in [0.25, 0.3) is 0 Å². The number of nitrogens with one attached hydrogen (secondary N) is 3. The fourth-order valence-corrected chi connectivity index (χ4v) is 2.06. The lowest BCUT2D eigenvalue weighted by Crippen LogP contribution is -2.47. The van der Waals surface area contributed by atoms with Gasteiger partial charge in [-0.25, -0.2) is 0 Å². The Balaban J connectivity index is 0.00000529. The number of rotatable bonds is 5. The number of hydrogen-bond acceptors (Lipinski definition) is 2. The number of halogens is 2. The van der Waals surface area contributed by atoms with Gasteiger partial charge in [0.1, 0.15) is 0 Å². The molecule has 0 heterocycles. The molecule has 1 aromatic carbocycles. The summed E-state index contributed by atoms with van der Waals surface area (Å²) in [5, 5.41) is 9.97. The van der Waals surface area contributed by atoms with Gasteiger partial charge >= 0.3 is 0 Å². The molecule has 0 saturated carbocycles. The van der Waals surface area contributed by atoms with Gasteiger partial charge < -0.3 is 16.0 Å². The Hall–Kier alpha value is -1.02. The Bertz CT molecular complexity index is 570. The topological polar surface area (TPSA) is 65.5 Å². The van der Waals surface area contributed by atoms with Gasteiger partial charge in [0.15, 0.2) is 5.96 Å². The predicted molar refractivity (Wildman–Crippen MR) is 114 cm³/mol. The largest absolute Gasteiger partial charge is 0.357 e. The maximum Gasteiger partial charge on any atom is 0.226 e. The molecular weight excluding hydrogens is 439 g/mol. The third kappa shape index (κ3) is 8.73. The quantitative estimate of drug-likeness (QED) is 0.350. The average molecular weight is 467 g/mol. The number of hydrogen-bond donors (Lipinski definition) is 3. The SMILES string of the molecule is CCNC(=NCCC(=O)Nc1cccc(Cl)c1C)NC(C)(C)C.I. The van der Waals surface area contributed by atoms with Gasteiger partial charge in [-0.1, -0.05) is 17.7 Å². The molecular formula is C17H28ClIN4O. The second kappa shape index (κ2) is 10.8. The Morgan fingerprint density at radius 1 is 1.29 bits per heavy atom. The van der Waals surface area contributed by atoms with Crippen LogP contribution < -0.4 is 16.0 Å². The molecule has 136 valence electrons. The second-order valence-corrected chi connectivity index (χ2v) is 6.75. The van der Waals surface area contributed by atoms with Crippen LogP contribution in [0.1, 0.15) is 39.7 Å². The van der Waals surface area contributed by atoms with Gasteiger partial charge in [-0.05, 0) is 52.3 Å². The summed E-state index contributed by atoms with van der Waals surface area (Å²) in [5.74, 6) is 0.637. The van der Waals surface area contributed by atoms with Crippen LogP contribution in [0.25, 0.3) is 0 Å². The van der Waals surface area contributed by atoms with Gasteiger partial charge in [0.05, 0.1) is 6.54 Å². The first kappa shape index (κ1) is 23.0. The van der Waals surface area contributed by atoms with Crippen LogP contribution in [-0.2, 0) is 4.79 Å². The van der Waals surface area contributed by atoms with Gasteiger partial charge in [0, 0.05) is 29.2 Å². The summed E-state index contributed by atoms with van der Waals surface area (Å²) in [7, 11) is 0. The molecule has 0 fully saturated rings. The molecule has 24 heavy (non-hydrogen) atoms. The summed E-state index contributed by atoms with van der Waals surface area (Å²) < 4.78 is 0. The summed E-state index contributed by atoms with van der Waals surface area (Å²) in [6.07, 6.45) is 0.312. The van der Waals surface area contributed by atoms with Crippen LogP contribution in [0.5, 0.6) is 0 Å². The van der Waals surface area contributed by atoms with Gasteiger partial charge in [0.2, 0.25) is 5.91 Å². The molecule has 7 heteroatoms. The van der Waals surface area contributed by atoms with Crippen molar-refractivity contribution in [3.05, 3.63) is 28.8 Å². The molecule has 5 nitrogen and oxygen atoms in total. The van der Waals surface area contributed by atoms with Crippen molar-refractivity contribution >= 4 is 53.1 Å². The number of guanidine groups is 1. The van der Waals surface area contributed by atoms with E-state index in [0.717, 1.165) is 17.8 Å². The lowest BCUT2D eigenvalue weighted by Gasteiger charge is -2.23. The number of aliphatic imine (C=N–C) groups is 1. The van der Waals surface area contributed by atoms with Crippen molar-refractivity contribution in [1.29, 1.82) is 0 Å². The zero-order valence-corrected chi connectivity index (χ0v) is 18.1. The van der Waals surface area contributed by atoms with E-state index >= 15 is 0 Å². The molecule has 0 radical (unpaired) electrons. The van der Waals surface area contributed by atoms with E-state index in [1.54, 1.807) is 6.07 Å². The van der Waals surface area contributed by atoms with E-state index in [1.807, 2.05) is 26.0 Å². The van der Waals surface area contributed by atoms with E-state index < -0.39 is 0 Å². The summed E-state index contributed by atoms with van der Waals surface area (Å²) in [5.41, 5.74) is 1.53. The summed E-state index contributed by atoms with van der Waals surface area (Å²) in [4.78, 5) is 16.5. The van der Waals surface area contributed by atoms with Crippen LogP contribution in [0.15, 0.2) is 23.2 Å². The van der Waals surface area contributed by atoms with Crippen molar-refractivity contribution in [3.8, 4) is 0 Å². The van der Waals surface area contributed by atoms with Crippen LogP contribution in [0.2, 0.25) is 5.02 Å². The molecule has 0 aliphatic rings. The minimum atomic E-state index is -0.0822. The normalized spacial score (nSPS) is 11.5. The maximum atomic E-state index is 12.0. The van der Waals surface area contributed by atoms with E-state index in [1.165, 1.54) is 0 Å². The van der Waals surface area contributed by atoms with Crippen LogP contribution in [0, 0.1) is 6.92 Å². The van der Waals surface area contributed by atoms with Crippen molar-refractivity contribution in [1.82, 2.24) is 10.6 Å². The van der Waals surface area contributed by atoms with Crippen molar-refractivity contribution in [3.63, 3.8) is 0 Å². The van der Waals surface area contributed by atoms with Gasteiger partial charge in [-0.2, -0.15) is 0 Å². The zero-order valence-electron chi connectivity index (χ0n) is 15.0. The standard InChI is InChI=1S/C17H27ClN4O.HI/c1-6-19-16(22-17(3,4)5)20-11-10-15(23)21-14-9-7-8-13(18)12(14)2;/h7-9H,6,10-11H2,1-5H3,(H,21,23)(H2,19,20,22);1H. The first-order valence-electron chi connectivity index (χ1n) is 7.84. The van der Waals surface area contributed by atoms with E-state index in [4.69, 9.17) is 11.6 Å². The van der Waals surface area contributed by atoms with Gasteiger partial charge in [-0.15, -0.1) is 24.0 Å². The Kier molecular flexibility index (Phi) is 10.3. The lowest BCUT2D eigenvalue weighted by atomic mass is 10.1. The summed E-state index contributed by atoms with van der Waals surface area (Å²) in [6.45, 7) is 11.3. The fourth-order valence-electron chi connectivity index (χ4n) is 1.89. The molecule has 0 aliphatic carbocycles. The summed E-state index contributed by atoms with van der Waals surface area (Å²) >= 11 is 6.05. The zero-order chi connectivity index (χ0) is 17.5. The van der Waals surface area contributed by atoms with Gasteiger partial charge in [-0.3, -0.25) is 9.79 Å². The minimum Gasteiger partial charge on any atom is -0.357 e. The van der Waals surface area contributed by atoms with Crippen molar-refractivity contribution in [2.45, 2.75) is 46.6 Å². The number of carbonyl (C=O) groups is 1. The number of nitrogens with zero attached hydrogens (tertiary/aromatic N) is 1. The Morgan fingerprint density at radius 3 is 2.54 bits per heavy atom. The highest BCUT2D eigenvalue weighted by Crippen LogP contribution is 2.22. The molecule has 0 atom stereocenters. The number of benzene rings is 1. The Morgan fingerprint density at radius 2 is 1.96 bits per heavy atom. The summed E-state index contributed by atoms with van der Waals surface area (Å²) in [6, 6.07) is 5.46. The fraction of sp³-hybridized carbons (Fsp3) is 0.529. The van der Waals surface area contributed by atoms with Crippen LogP contribution in [0.3, 0.4) is 0 Å². The monoisotopic (exact) mass is 466 g/mol.